The van der Waals surface area contributed by atoms with Crippen molar-refractivity contribution in [1.82, 2.24) is 0 Å². The zero-order valence-corrected chi connectivity index (χ0v) is 17.0. The molecule has 0 N–H and O–H groups in total. The minimum atomic E-state index is -0.615. The second-order valence-corrected chi connectivity index (χ2v) is 9.52. The summed E-state index contributed by atoms with van der Waals surface area (Å²) in [5.74, 6) is 3.19. The minimum absolute atomic E-state index is 0.285. The van der Waals surface area contributed by atoms with E-state index < -0.39 is 11.6 Å². The van der Waals surface area contributed by atoms with Gasteiger partial charge < -0.3 is 0 Å². The van der Waals surface area contributed by atoms with Gasteiger partial charge in [0.25, 0.3) is 0 Å². The zero-order valence-electron chi connectivity index (χ0n) is 16.3. The highest BCUT2D eigenvalue weighted by atomic mass is 35.5. The Morgan fingerprint density at radius 3 is 2.22 bits per heavy atom. The van der Waals surface area contributed by atoms with Crippen LogP contribution >= 0.6 is 11.6 Å². The Morgan fingerprint density at radius 1 is 0.926 bits per heavy atom. The van der Waals surface area contributed by atoms with Crippen molar-refractivity contribution in [3.8, 4) is 0 Å². The molecule has 4 rings (SSSR count). The molecule has 1 aromatic rings. The molecular formula is C24H31ClF2. The van der Waals surface area contributed by atoms with E-state index in [0.717, 1.165) is 54.4 Å². The molecule has 27 heavy (non-hydrogen) atoms. The van der Waals surface area contributed by atoms with Crippen molar-refractivity contribution >= 4 is 11.6 Å². The molecule has 0 spiro atoms. The highest BCUT2D eigenvalue weighted by Gasteiger charge is 2.44. The molecule has 3 heteroatoms. The largest absolute Gasteiger partial charge is 0.205 e. The molecule has 0 aliphatic heterocycles. The van der Waals surface area contributed by atoms with Crippen LogP contribution in [0.15, 0.2) is 24.3 Å². The fourth-order valence-corrected chi connectivity index (χ4v) is 6.56. The normalized spacial score (nSPS) is 36.4. The molecule has 0 aromatic heterocycles. The van der Waals surface area contributed by atoms with Crippen LogP contribution in [-0.4, -0.2) is 0 Å². The molecule has 6 atom stereocenters. The third-order valence-corrected chi connectivity index (χ3v) is 8.06. The lowest BCUT2D eigenvalue weighted by atomic mass is 9.55. The molecule has 3 fully saturated rings. The number of hydrogen-bond donors (Lipinski definition) is 0. The number of fused-ring (bicyclic) bond motifs is 3. The van der Waals surface area contributed by atoms with Crippen molar-refractivity contribution < 1.29 is 8.78 Å². The van der Waals surface area contributed by atoms with Crippen LogP contribution in [0.2, 0.25) is 5.02 Å². The Hall–Kier alpha value is -0.890. The van der Waals surface area contributed by atoms with Crippen LogP contribution in [0.3, 0.4) is 0 Å². The van der Waals surface area contributed by atoms with E-state index in [1.807, 2.05) is 0 Å². The van der Waals surface area contributed by atoms with E-state index in [1.165, 1.54) is 50.7 Å². The Bertz CT molecular complexity index is 675. The average molecular weight is 393 g/mol. The van der Waals surface area contributed by atoms with E-state index in [1.54, 1.807) is 0 Å². The van der Waals surface area contributed by atoms with E-state index in [9.17, 15) is 8.78 Å². The lowest BCUT2D eigenvalue weighted by molar-refractivity contribution is 0.0127. The second-order valence-electron chi connectivity index (χ2n) is 9.14. The Labute approximate surface area is 167 Å². The standard InChI is InChI=1S/C24H31ClF2/c1-2-3-4-15-5-9-20-17(11-15)6-7-18-12-16(8-10-21(18)20)19-13-22(26)24(25)23(27)14-19/h3-4,13-18,20-21H,2,5-12H2,1H3. The molecule has 3 saturated carbocycles. The number of benzene rings is 1. The van der Waals surface area contributed by atoms with Gasteiger partial charge in [-0.15, -0.1) is 0 Å². The maximum absolute atomic E-state index is 13.9. The van der Waals surface area contributed by atoms with Gasteiger partial charge in [0.1, 0.15) is 16.7 Å². The van der Waals surface area contributed by atoms with Gasteiger partial charge in [0.15, 0.2) is 0 Å². The van der Waals surface area contributed by atoms with Crippen molar-refractivity contribution in [2.45, 2.75) is 70.6 Å². The lowest BCUT2D eigenvalue weighted by Gasteiger charge is -2.50. The van der Waals surface area contributed by atoms with Crippen LogP contribution < -0.4 is 0 Å². The number of hydrogen-bond acceptors (Lipinski definition) is 0. The summed E-state index contributed by atoms with van der Waals surface area (Å²) in [7, 11) is 0. The first kappa shape index (κ1) is 19.4. The summed E-state index contributed by atoms with van der Waals surface area (Å²) in [4.78, 5) is 0. The third kappa shape index (κ3) is 3.97. The summed E-state index contributed by atoms with van der Waals surface area (Å²) < 4.78 is 27.8. The quantitative estimate of drug-likeness (QED) is 0.362. The van der Waals surface area contributed by atoms with Crippen LogP contribution in [0.1, 0.15) is 76.2 Å². The molecule has 148 valence electrons. The van der Waals surface area contributed by atoms with Gasteiger partial charge in [-0.25, -0.2) is 8.78 Å². The highest BCUT2D eigenvalue weighted by Crippen LogP contribution is 2.55. The summed E-state index contributed by atoms with van der Waals surface area (Å²) >= 11 is 5.66. The maximum atomic E-state index is 13.9. The van der Waals surface area contributed by atoms with Crippen molar-refractivity contribution in [2.75, 3.05) is 0 Å². The molecule has 0 saturated heterocycles. The second kappa shape index (κ2) is 8.23. The lowest BCUT2D eigenvalue weighted by Crippen LogP contribution is -2.41. The Morgan fingerprint density at radius 2 is 1.56 bits per heavy atom. The minimum Gasteiger partial charge on any atom is -0.205 e. The molecule has 0 bridgehead atoms. The molecular weight excluding hydrogens is 362 g/mol. The van der Waals surface area contributed by atoms with Crippen molar-refractivity contribution in [3.05, 3.63) is 46.5 Å². The van der Waals surface area contributed by atoms with E-state index in [0.29, 0.717) is 0 Å². The van der Waals surface area contributed by atoms with Gasteiger partial charge in [0.2, 0.25) is 0 Å². The van der Waals surface area contributed by atoms with Gasteiger partial charge >= 0.3 is 0 Å². The van der Waals surface area contributed by atoms with Crippen molar-refractivity contribution in [1.29, 1.82) is 0 Å². The van der Waals surface area contributed by atoms with Crippen LogP contribution in [0, 0.1) is 41.2 Å². The van der Waals surface area contributed by atoms with Gasteiger partial charge in [-0.05, 0) is 111 Å². The topological polar surface area (TPSA) is 0 Å². The van der Waals surface area contributed by atoms with Crippen LogP contribution in [0.4, 0.5) is 8.78 Å². The fourth-order valence-electron chi connectivity index (χ4n) is 6.45. The van der Waals surface area contributed by atoms with E-state index in [2.05, 4.69) is 19.1 Å². The Kier molecular flexibility index (Phi) is 5.92. The molecule has 0 nitrogen and oxygen atoms in total. The van der Waals surface area contributed by atoms with Gasteiger partial charge in [-0.2, -0.15) is 0 Å². The molecule has 3 aliphatic carbocycles. The molecule has 3 aliphatic rings. The summed E-state index contributed by atoms with van der Waals surface area (Å²) in [5, 5.41) is -0.373. The van der Waals surface area contributed by atoms with Gasteiger partial charge in [0.05, 0.1) is 0 Å². The van der Waals surface area contributed by atoms with E-state index in [4.69, 9.17) is 11.6 Å². The van der Waals surface area contributed by atoms with Crippen LogP contribution in [0.5, 0.6) is 0 Å². The summed E-state index contributed by atoms with van der Waals surface area (Å²) in [6.07, 6.45) is 16.1. The molecule has 6 unspecified atom stereocenters. The molecule has 0 amide bonds. The van der Waals surface area contributed by atoms with Crippen LogP contribution in [0.25, 0.3) is 0 Å². The van der Waals surface area contributed by atoms with Gasteiger partial charge in [-0.1, -0.05) is 30.7 Å². The first-order valence-corrected chi connectivity index (χ1v) is 11.3. The number of rotatable bonds is 3. The number of halogens is 3. The summed E-state index contributed by atoms with van der Waals surface area (Å²) in [5.41, 5.74) is 0.809. The van der Waals surface area contributed by atoms with E-state index >= 15 is 0 Å². The molecule has 0 heterocycles. The smallest absolute Gasteiger partial charge is 0.145 e. The maximum Gasteiger partial charge on any atom is 0.145 e. The average Bonchev–Trinajstić information content (AvgIpc) is 2.69. The molecule has 1 aromatic carbocycles. The Balaban J connectivity index is 1.42. The van der Waals surface area contributed by atoms with Crippen LogP contribution in [-0.2, 0) is 0 Å². The highest BCUT2D eigenvalue weighted by molar-refractivity contribution is 6.30. The zero-order chi connectivity index (χ0) is 19.0. The predicted octanol–water partition coefficient (Wildman–Crippen LogP) is 7.91. The van der Waals surface area contributed by atoms with Crippen molar-refractivity contribution in [2.24, 2.45) is 29.6 Å². The SMILES string of the molecule is CCC=CC1CCC2C(CCC3CC(c4cc(F)c(Cl)c(F)c4)CCC32)C1. The number of allylic oxidation sites excluding steroid dienone is 2. The van der Waals surface area contributed by atoms with Gasteiger partial charge in [0, 0.05) is 0 Å². The first-order chi connectivity index (χ1) is 13.1. The fraction of sp³-hybridized carbons (Fsp3) is 0.667. The van der Waals surface area contributed by atoms with E-state index in [-0.39, 0.29) is 10.9 Å². The van der Waals surface area contributed by atoms with Gasteiger partial charge in [-0.3, -0.25) is 0 Å². The van der Waals surface area contributed by atoms with Crippen molar-refractivity contribution in [3.63, 3.8) is 0 Å². The first-order valence-electron chi connectivity index (χ1n) is 10.9. The summed E-state index contributed by atoms with van der Waals surface area (Å²) in [6.45, 7) is 2.21. The monoisotopic (exact) mass is 392 g/mol. The molecule has 0 radical (unpaired) electrons. The third-order valence-electron chi connectivity index (χ3n) is 7.70. The predicted molar refractivity (Wildman–Crippen MR) is 108 cm³/mol. The summed E-state index contributed by atoms with van der Waals surface area (Å²) in [6, 6.07) is 2.93.